The van der Waals surface area contributed by atoms with Gasteiger partial charge in [-0.2, -0.15) is 18.3 Å². The van der Waals surface area contributed by atoms with Gasteiger partial charge in [0.25, 0.3) is 0 Å². The highest BCUT2D eigenvalue weighted by Crippen LogP contribution is 2.29. The van der Waals surface area contributed by atoms with E-state index in [0.29, 0.717) is 17.7 Å². The number of aromatic nitrogens is 2. The molecule has 0 spiro atoms. The Morgan fingerprint density at radius 1 is 1.26 bits per heavy atom. The van der Waals surface area contributed by atoms with E-state index in [4.69, 9.17) is 0 Å². The zero-order valence-corrected chi connectivity index (χ0v) is 10.1. The van der Waals surface area contributed by atoms with E-state index in [1.54, 1.807) is 6.20 Å². The molecule has 0 radical (unpaired) electrons. The Morgan fingerprint density at radius 3 is 2.37 bits per heavy atom. The molecular weight excluding hydrogens is 257 g/mol. The summed E-state index contributed by atoms with van der Waals surface area (Å²) < 4.78 is 38.7. The van der Waals surface area contributed by atoms with Gasteiger partial charge in [0, 0.05) is 6.20 Å². The van der Waals surface area contributed by atoms with Crippen molar-refractivity contribution in [2.24, 2.45) is 0 Å². The van der Waals surface area contributed by atoms with Crippen molar-refractivity contribution >= 4 is 5.78 Å². The highest BCUT2D eigenvalue weighted by atomic mass is 19.4. The van der Waals surface area contributed by atoms with Crippen molar-refractivity contribution in [3.8, 4) is 0 Å². The van der Waals surface area contributed by atoms with Crippen molar-refractivity contribution in [1.82, 2.24) is 9.78 Å². The van der Waals surface area contributed by atoms with Crippen LogP contribution < -0.4 is 0 Å². The lowest BCUT2D eigenvalue weighted by Crippen LogP contribution is -2.05. The molecule has 3 nitrogen and oxygen atoms in total. The predicted octanol–water partition coefficient (Wildman–Crippen LogP) is 3.15. The Labute approximate surface area is 107 Å². The number of hydrogen-bond donors (Lipinski definition) is 0. The van der Waals surface area contributed by atoms with E-state index in [2.05, 4.69) is 5.10 Å². The Hall–Kier alpha value is -2.11. The molecule has 19 heavy (non-hydrogen) atoms. The van der Waals surface area contributed by atoms with Crippen molar-refractivity contribution in [1.29, 1.82) is 0 Å². The second-order valence-corrected chi connectivity index (χ2v) is 4.18. The number of carbonyl (C=O) groups excluding carboxylic acids is 1. The van der Waals surface area contributed by atoms with Crippen LogP contribution in [0, 0.1) is 0 Å². The Bertz CT molecular complexity index is 585. The van der Waals surface area contributed by atoms with E-state index in [0.717, 1.165) is 12.1 Å². The quantitative estimate of drug-likeness (QED) is 0.801. The molecule has 0 amide bonds. The van der Waals surface area contributed by atoms with E-state index in [1.807, 2.05) is 0 Å². The lowest BCUT2D eigenvalue weighted by Gasteiger charge is -2.07. The number of alkyl halides is 3. The van der Waals surface area contributed by atoms with E-state index in [1.165, 1.54) is 29.9 Å². The minimum atomic E-state index is -4.33. The number of carbonyl (C=O) groups is 1. The molecule has 0 saturated heterocycles. The van der Waals surface area contributed by atoms with Crippen molar-refractivity contribution in [2.45, 2.75) is 19.6 Å². The summed E-state index contributed by atoms with van der Waals surface area (Å²) in [5.74, 6) is -0.0985. The predicted molar refractivity (Wildman–Crippen MR) is 62.8 cm³/mol. The minimum absolute atomic E-state index is 0.0985. The zero-order valence-electron chi connectivity index (χ0n) is 10.1. The summed E-state index contributed by atoms with van der Waals surface area (Å²) >= 11 is 0. The summed E-state index contributed by atoms with van der Waals surface area (Å²) in [4.78, 5) is 11.1. The first-order chi connectivity index (χ1) is 8.86. The van der Waals surface area contributed by atoms with Crippen LogP contribution in [0.5, 0.6) is 0 Å². The van der Waals surface area contributed by atoms with Crippen LogP contribution in [0.3, 0.4) is 0 Å². The van der Waals surface area contributed by atoms with Crippen molar-refractivity contribution in [3.05, 3.63) is 53.3 Å². The molecule has 0 unspecified atom stereocenters. The number of halogens is 3. The van der Waals surface area contributed by atoms with Crippen LogP contribution in [0.25, 0.3) is 0 Å². The number of rotatable bonds is 3. The number of hydrogen-bond acceptors (Lipinski definition) is 2. The third kappa shape index (κ3) is 3.21. The van der Waals surface area contributed by atoms with E-state index < -0.39 is 11.7 Å². The lowest BCUT2D eigenvalue weighted by molar-refractivity contribution is -0.137. The second kappa shape index (κ2) is 4.87. The second-order valence-electron chi connectivity index (χ2n) is 4.18. The van der Waals surface area contributed by atoms with E-state index in [-0.39, 0.29) is 5.78 Å². The first-order valence-electron chi connectivity index (χ1n) is 5.56. The van der Waals surface area contributed by atoms with E-state index in [9.17, 15) is 18.0 Å². The SMILES string of the molecule is CC(=O)c1cnn(Cc2ccc(C(F)(F)F)cc2)c1. The number of ketones is 1. The Morgan fingerprint density at radius 2 is 1.89 bits per heavy atom. The van der Waals surface area contributed by atoms with Crippen LogP contribution in [0.1, 0.15) is 28.4 Å². The summed E-state index contributed by atoms with van der Waals surface area (Å²) in [6.45, 7) is 1.75. The van der Waals surface area contributed by atoms with E-state index >= 15 is 0 Å². The normalized spacial score (nSPS) is 11.6. The van der Waals surface area contributed by atoms with Gasteiger partial charge in [-0.25, -0.2) is 0 Å². The molecule has 0 aliphatic heterocycles. The summed E-state index contributed by atoms with van der Waals surface area (Å²) in [7, 11) is 0. The summed E-state index contributed by atoms with van der Waals surface area (Å²) in [6, 6.07) is 4.87. The maximum Gasteiger partial charge on any atom is 0.416 e. The highest BCUT2D eigenvalue weighted by Gasteiger charge is 2.29. The molecule has 6 heteroatoms. The van der Waals surface area contributed by atoms with Gasteiger partial charge in [-0.05, 0) is 24.6 Å². The number of benzene rings is 1. The van der Waals surface area contributed by atoms with Gasteiger partial charge in [-0.3, -0.25) is 9.48 Å². The fourth-order valence-electron chi connectivity index (χ4n) is 1.62. The highest BCUT2D eigenvalue weighted by molar-refractivity contribution is 5.93. The molecule has 1 aromatic carbocycles. The average molecular weight is 268 g/mol. The van der Waals surface area contributed by atoms with Crippen LogP contribution in [0.4, 0.5) is 13.2 Å². The standard InChI is InChI=1S/C13H11F3N2O/c1-9(19)11-6-17-18(8-11)7-10-2-4-12(5-3-10)13(14,15)16/h2-6,8H,7H2,1H3. The molecule has 1 aromatic heterocycles. The van der Waals surface area contributed by atoms with Gasteiger partial charge in [-0.1, -0.05) is 12.1 Å². The largest absolute Gasteiger partial charge is 0.416 e. The fourth-order valence-corrected chi connectivity index (χ4v) is 1.62. The van der Waals surface area contributed by atoms with Gasteiger partial charge >= 0.3 is 6.18 Å². The molecule has 1 heterocycles. The van der Waals surface area contributed by atoms with Gasteiger partial charge in [0.2, 0.25) is 0 Å². The molecule has 0 N–H and O–H groups in total. The molecule has 0 fully saturated rings. The molecule has 2 rings (SSSR count). The summed E-state index contributed by atoms with van der Waals surface area (Å²) in [5, 5.41) is 3.98. The van der Waals surface area contributed by atoms with Crippen molar-refractivity contribution in [2.75, 3.05) is 0 Å². The fraction of sp³-hybridized carbons (Fsp3) is 0.231. The number of nitrogens with zero attached hydrogens (tertiary/aromatic N) is 2. The minimum Gasteiger partial charge on any atom is -0.294 e. The summed E-state index contributed by atoms with van der Waals surface area (Å²) in [6.07, 6.45) is -1.32. The van der Waals surface area contributed by atoms with Gasteiger partial charge in [-0.15, -0.1) is 0 Å². The maximum absolute atomic E-state index is 12.4. The zero-order chi connectivity index (χ0) is 14.0. The molecule has 0 saturated carbocycles. The first kappa shape index (κ1) is 13.3. The van der Waals surface area contributed by atoms with Crippen molar-refractivity contribution in [3.63, 3.8) is 0 Å². The van der Waals surface area contributed by atoms with Crippen LogP contribution in [-0.2, 0) is 12.7 Å². The van der Waals surface area contributed by atoms with Crippen LogP contribution >= 0.6 is 0 Å². The first-order valence-corrected chi connectivity index (χ1v) is 5.56. The summed E-state index contributed by atoms with van der Waals surface area (Å²) in [5.41, 5.74) is 0.485. The topological polar surface area (TPSA) is 34.9 Å². The third-order valence-electron chi connectivity index (χ3n) is 2.67. The molecule has 0 atom stereocenters. The Kier molecular flexibility index (Phi) is 3.42. The lowest BCUT2D eigenvalue weighted by atomic mass is 10.1. The Balaban J connectivity index is 2.13. The van der Waals surface area contributed by atoms with Gasteiger partial charge in [0.15, 0.2) is 5.78 Å². The molecule has 2 aromatic rings. The molecule has 0 aliphatic rings. The molecule has 0 aliphatic carbocycles. The molecule has 0 bridgehead atoms. The van der Waals surface area contributed by atoms with Gasteiger partial charge in [0.1, 0.15) is 0 Å². The third-order valence-corrected chi connectivity index (χ3v) is 2.67. The molecular formula is C13H11F3N2O. The number of Topliss-reactive ketones (excluding diaryl/α,β-unsaturated/α-hetero) is 1. The average Bonchev–Trinajstić information content (AvgIpc) is 2.77. The monoisotopic (exact) mass is 268 g/mol. The van der Waals surface area contributed by atoms with Crippen LogP contribution in [0.2, 0.25) is 0 Å². The van der Waals surface area contributed by atoms with Crippen LogP contribution in [-0.4, -0.2) is 15.6 Å². The van der Waals surface area contributed by atoms with Crippen molar-refractivity contribution < 1.29 is 18.0 Å². The maximum atomic E-state index is 12.4. The molecule has 100 valence electrons. The van der Waals surface area contributed by atoms with Crippen LogP contribution in [0.15, 0.2) is 36.7 Å². The van der Waals surface area contributed by atoms with Gasteiger partial charge in [0.05, 0.1) is 23.9 Å². The smallest absolute Gasteiger partial charge is 0.294 e. The van der Waals surface area contributed by atoms with Gasteiger partial charge < -0.3 is 0 Å².